The van der Waals surface area contributed by atoms with Gasteiger partial charge in [-0.3, -0.25) is 4.79 Å². The summed E-state index contributed by atoms with van der Waals surface area (Å²) in [5.41, 5.74) is 7.95. The Labute approximate surface area is 236 Å². The van der Waals surface area contributed by atoms with Gasteiger partial charge in [-0.1, -0.05) is 65.5 Å². The van der Waals surface area contributed by atoms with Crippen LogP contribution in [-0.2, 0) is 9.59 Å². The first-order valence-electron chi connectivity index (χ1n) is 15.6. The van der Waals surface area contributed by atoms with E-state index >= 15 is 0 Å². The van der Waals surface area contributed by atoms with Gasteiger partial charge in [0.05, 0.1) is 11.0 Å². The fraction of sp³-hybridized carbons (Fsp3) is 0.714. The molecule has 0 saturated heterocycles. The number of fused-ring (bicyclic) bond motifs is 7. The molecule has 1 amide bonds. The average Bonchev–Trinajstić information content (AvgIpc) is 3.33. The van der Waals surface area contributed by atoms with E-state index in [0.717, 1.165) is 24.8 Å². The Morgan fingerprint density at radius 3 is 2.15 bits per heavy atom. The molecule has 0 aliphatic heterocycles. The molecule has 5 fully saturated rings. The van der Waals surface area contributed by atoms with Crippen molar-refractivity contribution in [2.75, 3.05) is 0 Å². The number of allylic oxidation sites excluding steroid dienone is 4. The lowest BCUT2D eigenvalue weighted by molar-refractivity contribution is -0.202. The molecule has 5 rings (SSSR count). The van der Waals surface area contributed by atoms with E-state index in [0.29, 0.717) is 46.3 Å². The number of carbonyl (C=O) groups excluding carboxylic acids is 1. The molecule has 0 aromatic heterocycles. The summed E-state index contributed by atoms with van der Waals surface area (Å²) in [6.07, 6.45) is 20.0. The zero-order valence-corrected chi connectivity index (χ0v) is 24.8. The molecule has 5 saturated carbocycles. The van der Waals surface area contributed by atoms with Crippen molar-refractivity contribution in [3.63, 3.8) is 0 Å². The van der Waals surface area contributed by atoms with Crippen molar-refractivity contribution in [1.82, 2.24) is 0 Å². The summed E-state index contributed by atoms with van der Waals surface area (Å²) in [6.45, 7) is 18.0. The van der Waals surface area contributed by atoms with E-state index in [1.165, 1.54) is 57.4 Å². The number of primary amides is 1. The molecule has 5 aliphatic carbocycles. The SMILES string of the molecule is C=C/C(=C\C=C(/C=C)C1CCC2(C)C(CCC3(C)C4CCC5(C(N)=O)CCCC5C4CCC32)C1(C)C)C(=O)O. The van der Waals surface area contributed by atoms with Crippen molar-refractivity contribution in [2.24, 2.45) is 62.9 Å². The minimum Gasteiger partial charge on any atom is -0.478 e. The smallest absolute Gasteiger partial charge is 0.335 e. The van der Waals surface area contributed by atoms with E-state index in [1.807, 2.05) is 12.2 Å². The predicted molar refractivity (Wildman–Crippen MR) is 158 cm³/mol. The van der Waals surface area contributed by atoms with Crippen molar-refractivity contribution in [3.8, 4) is 0 Å². The predicted octanol–water partition coefficient (Wildman–Crippen LogP) is 7.86. The molecule has 0 bridgehead atoms. The first-order valence-corrected chi connectivity index (χ1v) is 15.6. The minimum absolute atomic E-state index is 0.0176. The van der Waals surface area contributed by atoms with Crippen LogP contribution in [0.4, 0.5) is 0 Å². The summed E-state index contributed by atoms with van der Waals surface area (Å²) >= 11 is 0. The molecule has 5 aliphatic rings. The Bertz CT molecular complexity index is 1110. The van der Waals surface area contributed by atoms with Gasteiger partial charge in [0.25, 0.3) is 0 Å². The molecule has 9 unspecified atom stereocenters. The van der Waals surface area contributed by atoms with Crippen LogP contribution < -0.4 is 5.73 Å². The third-order valence-corrected chi connectivity index (χ3v) is 13.6. The van der Waals surface area contributed by atoms with Crippen molar-refractivity contribution in [1.29, 1.82) is 0 Å². The second kappa shape index (κ2) is 9.77. The second-order valence-electron chi connectivity index (χ2n) is 15.0. The lowest BCUT2D eigenvalue weighted by atomic mass is 9.35. The molecule has 4 heteroatoms. The third-order valence-electron chi connectivity index (χ3n) is 13.6. The van der Waals surface area contributed by atoms with Crippen molar-refractivity contribution >= 4 is 11.9 Å². The quantitative estimate of drug-likeness (QED) is 0.269. The maximum Gasteiger partial charge on any atom is 0.335 e. The highest BCUT2D eigenvalue weighted by Crippen LogP contribution is 2.73. The number of nitrogens with two attached hydrogens (primary N) is 1. The van der Waals surface area contributed by atoms with Crippen LogP contribution in [0.25, 0.3) is 0 Å². The van der Waals surface area contributed by atoms with Crippen LogP contribution in [0, 0.1) is 57.2 Å². The fourth-order valence-electron chi connectivity index (χ4n) is 12.0. The second-order valence-corrected chi connectivity index (χ2v) is 15.0. The van der Waals surface area contributed by atoms with Gasteiger partial charge in [0.15, 0.2) is 0 Å². The highest BCUT2D eigenvalue weighted by Gasteiger charge is 2.66. The Hall–Kier alpha value is -2.10. The number of carboxylic acids is 1. The van der Waals surface area contributed by atoms with Crippen LogP contribution in [0.1, 0.15) is 98.3 Å². The highest BCUT2D eigenvalue weighted by atomic mass is 16.4. The summed E-state index contributed by atoms with van der Waals surface area (Å²) in [4.78, 5) is 24.2. The standard InChI is InChI=1S/C35H51NO3/c1-7-22(11-12-23(8-2)30(37)38)25-15-19-34(6)28(32(25,3)4)17-20-33(5)26-16-21-35(31(36)39)18-9-10-27(35)24(26)13-14-29(33)34/h7-8,11-12,24-29H,1-2,9-10,13-21H2,3-6H3,(H2,36,39)(H,37,38)/b22-11+,23-12+. The highest BCUT2D eigenvalue weighted by molar-refractivity contribution is 5.90. The van der Waals surface area contributed by atoms with Gasteiger partial charge in [-0.25, -0.2) is 4.79 Å². The van der Waals surface area contributed by atoms with Crippen molar-refractivity contribution in [2.45, 2.75) is 98.3 Å². The van der Waals surface area contributed by atoms with E-state index < -0.39 is 5.97 Å². The number of hydrogen-bond acceptors (Lipinski definition) is 2. The first kappa shape index (κ1) is 28.4. The van der Waals surface area contributed by atoms with E-state index in [-0.39, 0.29) is 22.3 Å². The van der Waals surface area contributed by atoms with Crippen LogP contribution >= 0.6 is 0 Å². The maximum atomic E-state index is 12.7. The number of rotatable bonds is 6. The van der Waals surface area contributed by atoms with Gasteiger partial charge in [0.1, 0.15) is 0 Å². The maximum absolute atomic E-state index is 12.7. The molecule has 3 N–H and O–H groups in total. The Kier molecular flexibility index (Phi) is 7.12. The molecule has 4 nitrogen and oxygen atoms in total. The fourth-order valence-corrected chi connectivity index (χ4v) is 12.0. The zero-order chi connectivity index (χ0) is 28.4. The third kappa shape index (κ3) is 4.05. The topological polar surface area (TPSA) is 80.4 Å². The number of hydrogen-bond donors (Lipinski definition) is 2. The van der Waals surface area contributed by atoms with E-state index in [9.17, 15) is 14.7 Å². The number of amides is 1. The van der Waals surface area contributed by atoms with E-state index in [2.05, 4.69) is 40.9 Å². The van der Waals surface area contributed by atoms with Gasteiger partial charge >= 0.3 is 5.97 Å². The number of carboxylic acid groups (broad SMARTS) is 1. The molecular formula is C35H51NO3. The van der Waals surface area contributed by atoms with E-state index in [4.69, 9.17) is 5.73 Å². The Balaban J connectivity index is 1.43. The van der Waals surface area contributed by atoms with Crippen LogP contribution in [0.5, 0.6) is 0 Å². The first-order chi connectivity index (χ1) is 18.4. The zero-order valence-electron chi connectivity index (χ0n) is 24.8. The molecular weight excluding hydrogens is 482 g/mol. The normalized spacial score (nSPS) is 45.2. The van der Waals surface area contributed by atoms with Crippen molar-refractivity contribution in [3.05, 3.63) is 48.6 Å². The molecule has 0 aromatic rings. The molecule has 39 heavy (non-hydrogen) atoms. The average molecular weight is 534 g/mol. The summed E-state index contributed by atoms with van der Waals surface area (Å²) in [7, 11) is 0. The lowest BCUT2D eigenvalue weighted by Crippen LogP contribution is -2.63. The van der Waals surface area contributed by atoms with Gasteiger partial charge in [0, 0.05) is 0 Å². The summed E-state index contributed by atoms with van der Waals surface area (Å²) in [5.74, 6) is 2.60. The largest absolute Gasteiger partial charge is 0.478 e. The Morgan fingerprint density at radius 2 is 1.51 bits per heavy atom. The molecule has 9 atom stereocenters. The monoisotopic (exact) mass is 533 g/mol. The lowest BCUT2D eigenvalue weighted by Gasteiger charge is -2.69. The molecule has 214 valence electrons. The van der Waals surface area contributed by atoms with Gasteiger partial charge in [-0.2, -0.15) is 0 Å². The number of carbonyl (C=O) groups is 2. The summed E-state index contributed by atoms with van der Waals surface area (Å²) < 4.78 is 0. The van der Waals surface area contributed by atoms with Crippen LogP contribution in [0.3, 0.4) is 0 Å². The summed E-state index contributed by atoms with van der Waals surface area (Å²) in [6, 6.07) is 0. The van der Waals surface area contributed by atoms with Gasteiger partial charge in [0.2, 0.25) is 5.91 Å². The van der Waals surface area contributed by atoms with Gasteiger partial charge in [-0.15, -0.1) is 0 Å². The van der Waals surface area contributed by atoms with E-state index in [1.54, 1.807) is 6.08 Å². The van der Waals surface area contributed by atoms with Crippen LogP contribution in [-0.4, -0.2) is 17.0 Å². The van der Waals surface area contributed by atoms with Gasteiger partial charge < -0.3 is 10.8 Å². The van der Waals surface area contributed by atoms with Crippen molar-refractivity contribution < 1.29 is 14.7 Å². The number of aliphatic carboxylic acids is 1. The minimum atomic E-state index is -0.948. The molecule has 0 heterocycles. The van der Waals surface area contributed by atoms with Crippen LogP contribution in [0.15, 0.2) is 48.6 Å². The molecule has 0 spiro atoms. The van der Waals surface area contributed by atoms with Gasteiger partial charge in [-0.05, 0) is 128 Å². The Morgan fingerprint density at radius 1 is 0.795 bits per heavy atom. The summed E-state index contributed by atoms with van der Waals surface area (Å²) in [5, 5.41) is 9.45. The molecule has 0 aromatic carbocycles. The van der Waals surface area contributed by atoms with Crippen LogP contribution in [0.2, 0.25) is 0 Å². The molecule has 0 radical (unpaired) electrons.